The fourth-order valence-electron chi connectivity index (χ4n) is 10.2. The molecular formula is C66H127NO5. The van der Waals surface area contributed by atoms with Crippen molar-refractivity contribution in [3.8, 4) is 0 Å². The van der Waals surface area contributed by atoms with Gasteiger partial charge >= 0.3 is 5.97 Å². The second-order valence-electron chi connectivity index (χ2n) is 22.5. The van der Waals surface area contributed by atoms with E-state index in [-0.39, 0.29) is 18.5 Å². The molecule has 72 heavy (non-hydrogen) atoms. The van der Waals surface area contributed by atoms with Gasteiger partial charge in [0.25, 0.3) is 0 Å². The second-order valence-corrected chi connectivity index (χ2v) is 22.5. The highest BCUT2D eigenvalue weighted by atomic mass is 16.5. The number of allylic oxidation sites excluding steroid dienone is 3. The zero-order chi connectivity index (χ0) is 52.2. The fraction of sp³-hybridized carbons (Fsp3) is 0.909. The quantitative estimate of drug-likeness (QED) is 0.0320. The molecule has 0 aromatic heterocycles. The first-order valence-electron chi connectivity index (χ1n) is 32.6. The topological polar surface area (TPSA) is 95.9 Å². The van der Waals surface area contributed by atoms with Crippen LogP contribution in [0.1, 0.15) is 361 Å². The normalized spacial score (nSPS) is 12.7. The van der Waals surface area contributed by atoms with Crippen molar-refractivity contribution in [3.05, 3.63) is 24.3 Å². The van der Waals surface area contributed by atoms with E-state index >= 15 is 0 Å². The first-order valence-corrected chi connectivity index (χ1v) is 32.6. The van der Waals surface area contributed by atoms with E-state index < -0.39 is 12.1 Å². The van der Waals surface area contributed by atoms with Gasteiger partial charge in [0.05, 0.1) is 25.4 Å². The molecule has 0 heterocycles. The van der Waals surface area contributed by atoms with E-state index in [0.717, 1.165) is 38.5 Å². The summed E-state index contributed by atoms with van der Waals surface area (Å²) in [5, 5.41) is 23.0. The first-order chi connectivity index (χ1) is 35.5. The highest BCUT2D eigenvalue weighted by molar-refractivity contribution is 5.76. The van der Waals surface area contributed by atoms with E-state index in [0.29, 0.717) is 19.4 Å². The highest BCUT2D eigenvalue weighted by Crippen LogP contribution is 2.18. The average molecular weight is 1010 g/mol. The number of amides is 1. The standard InChI is InChI=1S/C66H127NO5/c1-3-5-7-9-11-13-15-16-17-18-30-33-36-40-44-48-52-56-60-66(71)72-61-57-53-49-45-41-37-34-31-28-26-24-22-20-19-21-23-25-27-29-32-35-39-43-47-51-55-59-65(70)67-63(62-68)64(69)58-54-50-46-42-38-14-12-10-8-6-4-2/h19,21,54,58,63-64,68-69H,3-18,20,22-53,55-57,59-62H2,1-2H3,(H,67,70)/b21-19-,58-54+. The SMILES string of the molecule is CCCCCCCCCCC/C=C/C(O)C(CO)NC(=O)CCCCCCCCCCCC/C=C\CCCCCCCCCCCCCCOC(=O)CCCCCCCCCCCCCCCCCCCC. The van der Waals surface area contributed by atoms with Gasteiger partial charge in [0.15, 0.2) is 0 Å². The third-order valence-corrected chi connectivity index (χ3v) is 15.2. The molecule has 0 radical (unpaired) electrons. The van der Waals surface area contributed by atoms with Crippen LogP contribution >= 0.6 is 0 Å². The molecule has 426 valence electrons. The Hall–Kier alpha value is -1.66. The maximum Gasteiger partial charge on any atom is 0.305 e. The molecule has 6 nitrogen and oxygen atoms in total. The van der Waals surface area contributed by atoms with Gasteiger partial charge in [-0.1, -0.05) is 314 Å². The maximum atomic E-state index is 12.4. The number of aliphatic hydroxyl groups is 2. The third-order valence-electron chi connectivity index (χ3n) is 15.2. The molecule has 0 bridgehead atoms. The summed E-state index contributed by atoms with van der Waals surface area (Å²) < 4.78 is 5.50. The number of esters is 1. The Bertz CT molecular complexity index is 1120. The molecule has 2 unspecified atom stereocenters. The largest absolute Gasteiger partial charge is 0.466 e. The van der Waals surface area contributed by atoms with E-state index in [1.807, 2.05) is 6.08 Å². The summed E-state index contributed by atoms with van der Waals surface area (Å²) in [5.74, 6) is -0.0513. The van der Waals surface area contributed by atoms with Gasteiger partial charge in [-0.25, -0.2) is 0 Å². The van der Waals surface area contributed by atoms with Crippen LogP contribution in [0.2, 0.25) is 0 Å². The number of aliphatic hydroxyl groups excluding tert-OH is 2. The Balaban J connectivity index is 3.36. The lowest BCUT2D eigenvalue weighted by Gasteiger charge is -2.20. The molecule has 1 amide bonds. The van der Waals surface area contributed by atoms with Gasteiger partial charge < -0.3 is 20.3 Å². The number of nitrogens with one attached hydrogen (secondary N) is 1. The molecule has 0 aromatic carbocycles. The molecule has 6 heteroatoms. The minimum Gasteiger partial charge on any atom is -0.466 e. The number of hydrogen-bond acceptors (Lipinski definition) is 5. The Morgan fingerprint density at radius 3 is 0.986 bits per heavy atom. The summed E-state index contributed by atoms with van der Waals surface area (Å²) in [7, 11) is 0. The van der Waals surface area contributed by atoms with Crippen molar-refractivity contribution in [2.45, 2.75) is 373 Å². The lowest BCUT2D eigenvalue weighted by molar-refractivity contribution is -0.143. The number of carbonyl (C=O) groups excluding carboxylic acids is 2. The van der Waals surface area contributed by atoms with Crippen molar-refractivity contribution < 1.29 is 24.5 Å². The van der Waals surface area contributed by atoms with Gasteiger partial charge in [-0.15, -0.1) is 0 Å². The Labute approximate surface area is 450 Å². The van der Waals surface area contributed by atoms with Crippen LogP contribution in [0.3, 0.4) is 0 Å². The van der Waals surface area contributed by atoms with Crippen molar-refractivity contribution in [2.24, 2.45) is 0 Å². The van der Waals surface area contributed by atoms with Crippen LogP contribution < -0.4 is 5.32 Å². The van der Waals surface area contributed by atoms with E-state index in [9.17, 15) is 19.8 Å². The lowest BCUT2D eigenvalue weighted by Crippen LogP contribution is -2.45. The summed E-state index contributed by atoms with van der Waals surface area (Å²) in [5.41, 5.74) is 0. The molecule has 2 atom stereocenters. The van der Waals surface area contributed by atoms with Gasteiger partial charge in [-0.05, 0) is 57.8 Å². The molecule has 0 aliphatic carbocycles. The minimum atomic E-state index is -0.844. The van der Waals surface area contributed by atoms with Gasteiger partial charge in [-0.2, -0.15) is 0 Å². The summed E-state index contributed by atoms with van der Waals surface area (Å²) in [6.07, 6.45) is 76.7. The Morgan fingerprint density at radius 2 is 0.653 bits per heavy atom. The van der Waals surface area contributed by atoms with Crippen molar-refractivity contribution >= 4 is 11.9 Å². The third kappa shape index (κ3) is 57.6. The summed E-state index contributed by atoms with van der Waals surface area (Å²) in [6.45, 7) is 4.92. The van der Waals surface area contributed by atoms with Gasteiger partial charge in [0.2, 0.25) is 5.91 Å². The van der Waals surface area contributed by atoms with Crippen LogP contribution in [0.4, 0.5) is 0 Å². The zero-order valence-electron chi connectivity index (χ0n) is 48.7. The van der Waals surface area contributed by atoms with Gasteiger partial charge in [0, 0.05) is 12.8 Å². The number of ether oxygens (including phenoxy) is 1. The molecule has 0 rings (SSSR count). The summed E-state index contributed by atoms with van der Waals surface area (Å²) in [4.78, 5) is 24.5. The first kappa shape index (κ1) is 70.3. The van der Waals surface area contributed by atoms with E-state index in [1.165, 1.54) is 295 Å². The van der Waals surface area contributed by atoms with Crippen molar-refractivity contribution in [1.29, 1.82) is 0 Å². The van der Waals surface area contributed by atoms with Crippen molar-refractivity contribution in [1.82, 2.24) is 5.32 Å². The predicted molar refractivity (Wildman–Crippen MR) is 315 cm³/mol. The van der Waals surface area contributed by atoms with Crippen LogP contribution in [-0.2, 0) is 14.3 Å². The van der Waals surface area contributed by atoms with Crippen LogP contribution in [-0.4, -0.2) is 47.4 Å². The molecule has 0 saturated heterocycles. The van der Waals surface area contributed by atoms with E-state index in [2.05, 4.69) is 31.3 Å². The average Bonchev–Trinajstić information content (AvgIpc) is 3.38. The number of hydrogen-bond donors (Lipinski definition) is 3. The summed E-state index contributed by atoms with van der Waals surface area (Å²) in [6, 6.07) is -0.627. The van der Waals surface area contributed by atoms with Gasteiger partial charge in [-0.3, -0.25) is 9.59 Å². The predicted octanol–water partition coefficient (Wildman–Crippen LogP) is 20.6. The maximum absolute atomic E-state index is 12.4. The fourth-order valence-corrected chi connectivity index (χ4v) is 10.2. The minimum absolute atomic E-state index is 0.0186. The van der Waals surface area contributed by atoms with E-state index in [1.54, 1.807) is 6.08 Å². The molecule has 0 saturated carbocycles. The Morgan fingerprint density at radius 1 is 0.375 bits per heavy atom. The lowest BCUT2D eigenvalue weighted by atomic mass is 10.0. The van der Waals surface area contributed by atoms with Crippen LogP contribution in [0.25, 0.3) is 0 Å². The molecule has 0 aliphatic heterocycles. The van der Waals surface area contributed by atoms with Crippen LogP contribution in [0, 0.1) is 0 Å². The molecular weight excluding hydrogens is 887 g/mol. The monoisotopic (exact) mass is 1010 g/mol. The van der Waals surface area contributed by atoms with Crippen molar-refractivity contribution in [3.63, 3.8) is 0 Å². The van der Waals surface area contributed by atoms with Crippen molar-refractivity contribution in [2.75, 3.05) is 13.2 Å². The van der Waals surface area contributed by atoms with Crippen LogP contribution in [0.5, 0.6) is 0 Å². The summed E-state index contributed by atoms with van der Waals surface area (Å²) >= 11 is 0. The molecule has 0 spiro atoms. The highest BCUT2D eigenvalue weighted by Gasteiger charge is 2.18. The molecule has 0 aromatic rings. The number of rotatable bonds is 61. The van der Waals surface area contributed by atoms with Crippen LogP contribution in [0.15, 0.2) is 24.3 Å². The number of unbranched alkanes of at least 4 members (excludes halogenated alkanes) is 48. The second kappa shape index (κ2) is 61.9. The van der Waals surface area contributed by atoms with E-state index in [4.69, 9.17) is 4.74 Å². The molecule has 3 N–H and O–H groups in total. The smallest absolute Gasteiger partial charge is 0.305 e. The zero-order valence-corrected chi connectivity index (χ0v) is 48.7. The molecule has 0 aliphatic rings. The molecule has 0 fully saturated rings. The van der Waals surface area contributed by atoms with Gasteiger partial charge in [0.1, 0.15) is 0 Å². The Kier molecular flexibility index (Phi) is 60.5. The number of carbonyl (C=O) groups is 2.